The third-order valence-corrected chi connectivity index (χ3v) is 5.21. The number of amides is 2. The third kappa shape index (κ3) is 3.34. The molecule has 23 heavy (non-hydrogen) atoms. The highest BCUT2D eigenvalue weighted by molar-refractivity contribution is 5.74. The third-order valence-electron chi connectivity index (χ3n) is 5.21. The van der Waals surface area contributed by atoms with E-state index in [1.807, 2.05) is 18.7 Å². The average Bonchev–Trinajstić information content (AvgIpc) is 2.93. The van der Waals surface area contributed by atoms with Crippen molar-refractivity contribution in [2.24, 2.45) is 5.92 Å². The second kappa shape index (κ2) is 6.86. The number of nitrogens with zero attached hydrogens (tertiary/aromatic N) is 4. The molecule has 2 amide bonds. The lowest BCUT2D eigenvalue weighted by Gasteiger charge is -2.46. The molecule has 1 aromatic rings. The molecular weight excluding hydrogens is 294 g/mol. The summed E-state index contributed by atoms with van der Waals surface area (Å²) in [6.07, 6.45) is 4.75. The highest BCUT2D eigenvalue weighted by atomic mass is 16.3. The van der Waals surface area contributed by atoms with E-state index in [4.69, 9.17) is 0 Å². The van der Waals surface area contributed by atoms with Crippen LogP contribution in [-0.4, -0.2) is 49.7 Å². The smallest absolute Gasteiger partial charge is 0.317 e. The Kier molecular flexibility index (Phi) is 4.84. The van der Waals surface area contributed by atoms with Crippen LogP contribution in [0.4, 0.5) is 4.79 Å². The van der Waals surface area contributed by atoms with Gasteiger partial charge in [0.1, 0.15) is 5.69 Å². The number of aromatic nitrogens is 3. The summed E-state index contributed by atoms with van der Waals surface area (Å²) < 4.78 is 0. The van der Waals surface area contributed by atoms with Gasteiger partial charge in [-0.2, -0.15) is 15.0 Å². The summed E-state index contributed by atoms with van der Waals surface area (Å²) in [6, 6.07) is 0.138. The maximum Gasteiger partial charge on any atom is 0.317 e. The summed E-state index contributed by atoms with van der Waals surface area (Å²) in [5, 5.41) is 21.9. The van der Waals surface area contributed by atoms with E-state index in [1.54, 1.807) is 4.80 Å². The zero-order valence-corrected chi connectivity index (χ0v) is 14.0. The number of urea groups is 1. The summed E-state index contributed by atoms with van der Waals surface area (Å²) in [5.74, 6) is 0.242. The second-order valence-corrected chi connectivity index (χ2v) is 6.64. The number of rotatable bonds is 3. The zero-order chi connectivity index (χ0) is 16.4. The van der Waals surface area contributed by atoms with Crippen LogP contribution < -0.4 is 5.32 Å². The molecule has 0 bridgehead atoms. The van der Waals surface area contributed by atoms with Crippen molar-refractivity contribution in [3.63, 3.8) is 0 Å². The van der Waals surface area contributed by atoms with Gasteiger partial charge in [-0.25, -0.2) is 4.79 Å². The van der Waals surface area contributed by atoms with E-state index in [0.29, 0.717) is 19.5 Å². The maximum atomic E-state index is 12.6. The lowest BCUT2D eigenvalue weighted by Crippen LogP contribution is -2.57. The molecule has 0 spiro atoms. The molecule has 1 saturated carbocycles. The zero-order valence-electron chi connectivity index (χ0n) is 14.0. The summed E-state index contributed by atoms with van der Waals surface area (Å²) in [6.45, 7) is 5.66. The molecule has 7 heteroatoms. The Labute approximate surface area is 137 Å². The van der Waals surface area contributed by atoms with Gasteiger partial charge in [-0.1, -0.05) is 12.8 Å². The standard InChI is InChI=1S/C16H27N5O2/c1-3-21-18-11(2)13(19-21)10-17-16(23)20-9-8-15(22)12-6-4-5-7-14(12)20/h12,14-15,22H,3-10H2,1-2H3,(H,17,23). The van der Waals surface area contributed by atoms with Crippen LogP contribution in [0.15, 0.2) is 0 Å². The topological polar surface area (TPSA) is 83.3 Å². The van der Waals surface area contributed by atoms with E-state index in [0.717, 1.165) is 43.6 Å². The molecule has 0 aromatic carbocycles. The van der Waals surface area contributed by atoms with Gasteiger partial charge in [-0.3, -0.25) is 0 Å². The van der Waals surface area contributed by atoms with E-state index >= 15 is 0 Å². The molecule has 1 saturated heterocycles. The number of hydrogen-bond donors (Lipinski definition) is 2. The minimum absolute atomic E-state index is 0.0424. The van der Waals surface area contributed by atoms with Gasteiger partial charge in [0.05, 0.1) is 24.9 Å². The quantitative estimate of drug-likeness (QED) is 0.882. The molecule has 0 radical (unpaired) electrons. The van der Waals surface area contributed by atoms with Crippen LogP contribution in [0.2, 0.25) is 0 Å². The van der Waals surface area contributed by atoms with Crippen molar-refractivity contribution in [3.05, 3.63) is 11.4 Å². The monoisotopic (exact) mass is 321 g/mol. The number of aliphatic hydroxyl groups excluding tert-OH is 1. The van der Waals surface area contributed by atoms with Gasteiger partial charge in [0, 0.05) is 18.5 Å². The molecule has 7 nitrogen and oxygen atoms in total. The Balaban J connectivity index is 1.62. The normalized spacial score (nSPS) is 27.6. The summed E-state index contributed by atoms with van der Waals surface area (Å²) in [5.41, 5.74) is 1.68. The molecule has 1 aliphatic heterocycles. The molecule has 2 aliphatic rings. The first-order valence-electron chi connectivity index (χ1n) is 8.73. The molecule has 3 unspecified atom stereocenters. The first kappa shape index (κ1) is 16.2. The van der Waals surface area contributed by atoms with Crippen molar-refractivity contribution in [3.8, 4) is 0 Å². The van der Waals surface area contributed by atoms with Crippen molar-refractivity contribution in [1.82, 2.24) is 25.2 Å². The van der Waals surface area contributed by atoms with Gasteiger partial charge in [0.25, 0.3) is 0 Å². The lowest BCUT2D eigenvalue weighted by atomic mass is 9.77. The predicted octanol–water partition coefficient (Wildman–Crippen LogP) is 1.44. The molecule has 2 N–H and O–H groups in total. The molecule has 1 aromatic heterocycles. The number of fused-ring (bicyclic) bond motifs is 1. The number of carbonyl (C=O) groups excluding carboxylic acids is 1. The second-order valence-electron chi connectivity index (χ2n) is 6.64. The van der Waals surface area contributed by atoms with Crippen LogP contribution in [-0.2, 0) is 13.1 Å². The predicted molar refractivity (Wildman–Crippen MR) is 85.7 cm³/mol. The van der Waals surface area contributed by atoms with Gasteiger partial charge < -0.3 is 15.3 Å². The molecular formula is C16H27N5O2. The van der Waals surface area contributed by atoms with Crippen molar-refractivity contribution < 1.29 is 9.90 Å². The Hall–Kier alpha value is -1.63. The van der Waals surface area contributed by atoms with E-state index in [9.17, 15) is 9.90 Å². The van der Waals surface area contributed by atoms with Crippen LogP contribution in [0.3, 0.4) is 0 Å². The first-order chi connectivity index (χ1) is 11.1. The molecule has 2 heterocycles. The Morgan fingerprint density at radius 2 is 2.09 bits per heavy atom. The maximum absolute atomic E-state index is 12.6. The van der Waals surface area contributed by atoms with Crippen LogP contribution in [0.1, 0.15) is 50.4 Å². The fourth-order valence-electron chi connectivity index (χ4n) is 3.91. The lowest BCUT2D eigenvalue weighted by molar-refractivity contribution is -0.0181. The van der Waals surface area contributed by atoms with Gasteiger partial charge in [-0.15, -0.1) is 0 Å². The SMILES string of the molecule is CCn1nc(C)c(CNC(=O)N2CCC(O)C3CCCCC32)n1. The average molecular weight is 321 g/mol. The van der Waals surface area contributed by atoms with Crippen molar-refractivity contribution in [1.29, 1.82) is 0 Å². The van der Waals surface area contributed by atoms with E-state index in [1.165, 1.54) is 0 Å². The Morgan fingerprint density at radius 1 is 1.30 bits per heavy atom. The Bertz CT molecular complexity index is 559. The van der Waals surface area contributed by atoms with Crippen LogP contribution >= 0.6 is 0 Å². The molecule has 128 valence electrons. The Morgan fingerprint density at radius 3 is 2.83 bits per heavy atom. The highest BCUT2D eigenvalue weighted by Crippen LogP contribution is 2.35. The highest BCUT2D eigenvalue weighted by Gasteiger charge is 2.40. The number of hydrogen-bond acceptors (Lipinski definition) is 4. The fourth-order valence-corrected chi connectivity index (χ4v) is 3.91. The summed E-state index contributed by atoms with van der Waals surface area (Å²) in [7, 11) is 0. The summed E-state index contributed by atoms with van der Waals surface area (Å²) in [4.78, 5) is 16.2. The van der Waals surface area contributed by atoms with E-state index in [-0.39, 0.29) is 24.1 Å². The largest absolute Gasteiger partial charge is 0.393 e. The first-order valence-corrected chi connectivity index (χ1v) is 8.73. The molecule has 3 rings (SSSR count). The van der Waals surface area contributed by atoms with Crippen LogP contribution in [0.5, 0.6) is 0 Å². The van der Waals surface area contributed by atoms with Crippen molar-refractivity contribution in [2.45, 2.75) is 71.2 Å². The van der Waals surface area contributed by atoms with Gasteiger partial charge >= 0.3 is 6.03 Å². The molecule has 2 fully saturated rings. The fraction of sp³-hybridized carbons (Fsp3) is 0.812. The van der Waals surface area contributed by atoms with E-state index in [2.05, 4.69) is 15.5 Å². The van der Waals surface area contributed by atoms with Gasteiger partial charge in [0.15, 0.2) is 0 Å². The van der Waals surface area contributed by atoms with Crippen LogP contribution in [0.25, 0.3) is 0 Å². The van der Waals surface area contributed by atoms with Crippen molar-refractivity contribution in [2.75, 3.05) is 6.54 Å². The number of aliphatic hydroxyl groups is 1. The van der Waals surface area contributed by atoms with Gasteiger partial charge in [-0.05, 0) is 33.1 Å². The number of aryl methyl sites for hydroxylation is 2. The van der Waals surface area contributed by atoms with Crippen LogP contribution in [0, 0.1) is 12.8 Å². The number of likely N-dealkylation sites (tertiary alicyclic amines) is 1. The minimum Gasteiger partial charge on any atom is -0.393 e. The number of carbonyl (C=O) groups is 1. The number of nitrogens with one attached hydrogen (secondary N) is 1. The molecule has 1 aliphatic carbocycles. The minimum atomic E-state index is -0.254. The van der Waals surface area contributed by atoms with Crippen molar-refractivity contribution >= 4 is 6.03 Å². The molecule has 3 atom stereocenters. The van der Waals surface area contributed by atoms with Gasteiger partial charge in [0.2, 0.25) is 0 Å². The summed E-state index contributed by atoms with van der Waals surface area (Å²) >= 11 is 0. The van der Waals surface area contributed by atoms with E-state index < -0.39 is 0 Å². The number of piperidine rings is 1.